The van der Waals surface area contributed by atoms with E-state index < -0.39 is 36.2 Å². The quantitative estimate of drug-likeness (QED) is 0.663. The van der Waals surface area contributed by atoms with Crippen LogP contribution in [0.25, 0.3) is 0 Å². The number of aryl methyl sites for hydroxylation is 1. The van der Waals surface area contributed by atoms with E-state index in [2.05, 4.69) is 4.98 Å². The number of nitrogens with zero attached hydrogens (tertiary/aromatic N) is 2. The van der Waals surface area contributed by atoms with Crippen molar-refractivity contribution in [2.24, 2.45) is 0 Å². The van der Waals surface area contributed by atoms with Gasteiger partial charge in [-0.3, -0.25) is 0 Å². The van der Waals surface area contributed by atoms with Crippen LogP contribution in [0, 0.1) is 12.7 Å². The van der Waals surface area contributed by atoms with Crippen LogP contribution in [-0.2, 0) is 18.9 Å². The molecule has 0 fully saturated rings. The summed E-state index contributed by atoms with van der Waals surface area (Å²) in [5, 5.41) is 0. The van der Waals surface area contributed by atoms with Crippen LogP contribution in [0.2, 0.25) is 0 Å². The van der Waals surface area contributed by atoms with Crippen molar-refractivity contribution in [1.82, 2.24) is 9.55 Å². The molecule has 0 saturated heterocycles. The van der Waals surface area contributed by atoms with Crippen molar-refractivity contribution in [2.45, 2.75) is 25.8 Å². The van der Waals surface area contributed by atoms with E-state index in [1.807, 2.05) is 0 Å². The second kappa shape index (κ2) is 5.43. The molecular formula is C13H10F7N3. The third-order valence-corrected chi connectivity index (χ3v) is 3.10. The second-order valence-electron chi connectivity index (χ2n) is 4.87. The Morgan fingerprint density at radius 3 is 2.22 bits per heavy atom. The Morgan fingerprint density at radius 1 is 1.09 bits per heavy atom. The number of halogens is 7. The standard InChI is InChI=1S/C13H10F7N3/c1-6-2-7(8(14)3-9(6)21)4-23-5-10(12(15,16)17)22-11(23)13(18,19)20/h2-3,5H,4,21H2,1H3. The molecule has 0 bridgehead atoms. The zero-order valence-corrected chi connectivity index (χ0v) is 11.6. The van der Waals surface area contributed by atoms with E-state index in [9.17, 15) is 30.7 Å². The molecule has 0 saturated carbocycles. The molecule has 1 heterocycles. The molecule has 0 aliphatic carbocycles. The summed E-state index contributed by atoms with van der Waals surface area (Å²) in [5.74, 6) is -2.66. The van der Waals surface area contributed by atoms with E-state index in [-0.39, 0.29) is 22.0 Å². The minimum absolute atomic E-state index is 0.0870. The molecule has 10 heteroatoms. The van der Waals surface area contributed by atoms with Gasteiger partial charge in [0.05, 0.1) is 6.54 Å². The number of benzene rings is 1. The number of nitrogen functional groups attached to an aromatic ring is 1. The van der Waals surface area contributed by atoms with E-state index >= 15 is 0 Å². The molecule has 2 N–H and O–H groups in total. The predicted octanol–water partition coefficient (Wildman–Crippen LogP) is 4.00. The normalized spacial score (nSPS) is 12.7. The van der Waals surface area contributed by atoms with Gasteiger partial charge in [-0.25, -0.2) is 9.37 Å². The van der Waals surface area contributed by atoms with Crippen LogP contribution in [0.5, 0.6) is 0 Å². The minimum atomic E-state index is -5.11. The summed E-state index contributed by atoms with van der Waals surface area (Å²) in [6.07, 6.45) is -9.95. The van der Waals surface area contributed by atoms with Crippen molar-refractivity contribution < 1.29 is 30.7 Å². The molecule has 0 spiro atoms. The monoisotopic (exact) mass is 341 g/mol. The highest BCUT2D eigenvalue weighted by molar-refractivity contribution is 5.48. The van der Waals surface area contributed by atoms with Gasteiger partial charge in [0.1, 0.15) is 5.82 Å². The lowest BCUT2D eigenvalue weighted by Crippen LogP contribution is -2.16. The van der Waals surface area contributed by atoms with Gasteiger partial charge in [0.25, 0.3) is 0 Å². The van der Waals surface area contributed by atoms with E-state index in [0.717, 1.165) is 6.07 Å². The molecule has 1 aromatic heterocycles. The van der Waals surface area contributed by atoms with Crippen molar-refractivity contribution in [3.63, 3.8) is 0 Å². The van der Waals surface area contributed by atoms with E-state index in [1.165, 1.54) is 13.0 Å². The maximum Gasteiger partial charge on any atom is 0.449 e. The molecule has 0 atom stereocenters. The number of hydrogen-bond donors (Lipinski definition) is 1. The zero-order valence-electron chi connectivity index (χ0n) is 11.6. The first-order chi connectivity index (χ1) is 10.4. The number of alkyl halides is 6. The van der Waals surface area contributed by atoms with Crippen molar-refractivity contribution >= 4 is 5.69 Å². The summed E-state index contributed by atoms with van der Waals surface area (Å²) in [4.78, 5) is 2.58. The summed E-state index contributed by atoms with van der Waals surface area (Å²) in [7, 11) is 0. The second-order valence-corrected chi connectivity index (χ2v) is 4.87. The van der Waals surface area contributed by atoms with Gasteiger partial charge in [0, 0.05) is 17.4 Å². The number of aromatic nitrogens is 2. The van der Waals surface area contributed by atoms with Gasteiger partial charge in [-0.2, -0.15) is 26.3 Å². The number of anilines is 1. The van der Waals surface area contributed by atoms with Crippen LogP contribution in [0.4, 0.5) is 36.4 Å². The molecule has 23 heavy (non-hydrogen) atoms. The van der Waals surface area contributed by atoms with Crippen molar-refractivity contribution in [3.8, 4) is 0 Å². The summed E-state index contributed by atoms with van der Waals surface area (Å²) in [6.45, 7) is 0.739. The molecule has 1 aromatic carbocycles. The van der Waals surface area contributed by atoms with Crippen LogP contribution in [-0.4, -0.2) is 9.55 Å². The molecule has 0 amide bonds. The molecule has 3 nitrogen and oxygen atoms in total. The van der Waals surface area contributed by atoms with E-state index in [0.29, 0.717) is 5.56 Å². The SMILES string of the molecule is Cc1cc(Cn2cc(C(F)(F)F)nc2C(F)(F)F)c(F)cc1N. The van der Waals surface area contributed by atoms with Crippen molar-refractivity contribution in [1.29, 1.82) is 0 Å². The minimum Gasteiger partial charge on any atom is -0.398 e. The topological polar surface area (TPSA) is 43.8 Å². The fraction of sp³-hybridized carbons (Fsp3) is 0.308. The zero-order chi connectivity index (χ0) is 17.6. The highest BCUT2D eigenvalue weighted by Gasteiger charge is 2.42. The van der Waals surface area contributed by atoms with E-state index in [4.69, 9.17) is 5.73 Å². The summed E-state index contributed by atoms with van der Waals surface area (Å²) >= 11 is 0. The maximum absolute atomic E-state index is 13.8. The van der Waals surface area contributed by atoms with Crippen LogP contribution in [0.1, 0.15) is 22.6 Å². The highest BCUT2D eigenvalue weighted by atomic mass is 19.4. The largest absolute Gasteiger partial charge is 0.449 e. The molecule has 2 rings (SSSR count). The molecule has 0 aliphatic rings. The first-order valence-electron chi connectivity index (χ1n) is 6.15. The van der Waals surface area contributed by atoms with Crippen LogP contribution < -0.4 is 5.73 Å². The Hall–Kier alpha value is -2.26. The Balaban J connectivity index is 2.51. The van der Waals surface area contributed by atoms with Gasteiger partial charge in [-0.05, 0) is 24.6 Å². The number of nitrogens with two attached hydrogens (primary N) is 1. The van der Waals surface area contributed by atoms with Crippen molar-refractivity contribution in [3.05, 3.63) is 46.8 Å². The Labute approximate surface area is 125 Å². The molecule has 0 unspecified atom stereocenters. The van der Waals surface area contributed by atoms with Crippen LogP contribution in [0.3, 0.4) is 0 Å². The number of imidazole rings is 1. The number of rotatable bonds is 2. The van der Waals surface area contributed by atoms with Crippen LogP contribution in [0.15, 0.2) is 18.3 Å². The van der Waals surface area contributed by atoms with Gasteiger partial charge in [-0.15, -0.1) is 0 Å². The van der Waals surface area contributed by atoms with Gasteiger partial charge in [0.2, 0.25) is 5.82 Å². The van der Waals surface area contributed by atoms with Gasteiger partial charge in [0.15, 0.2) is 5.69 Å². The smallest absolute Gasteiger partial charge is 0.398 e. The maximum atomic E-state index is 13.8. The lowest BCUT2D eigenvalue weighted by atomic mass is 10.1. The third kappa shape index (κ3) is 3.57. The summed E-state index contributed by atoms with van der Waals surface area (Å²) in [6, 6.07) is 2.08. The lowest BCUT2D eigenvalue weighted by molar-refractivity contribution is -0.150. The molecule has 126 valence electrons. The summed E-state index contributed by atoms with van der Waals surface area (Å²) in [5.41, 5.74) is 4.01. The highest BCUT2D eigenvalue weighted by Crippen LogP contribution is 2.34. The first kappa shape index (κ1) is 17.1. The van der Waals surface area contributed by atoms with Gasteiger partial charge < -0.3 is 10.3 Å². The molecule has 0 aliphatic heterocycles. The predicted molar refractivity (Wildman–Crippen MR) is 66.9 cm³/mol. The van der Waals surface area contributed by atoms with Crippen molar-refractivity contribution in [2.75, 3.05) is 5.73 Å². The fourth-order valence-electron chi connectivity index (χ4n) is 1.96. The third-order valence-electron chi connectivity index (χ3n) is 3.10. The fourth-order valence-corrected chi connectivity index (χ4v) is 1.96. The average molecular weight is 341 g/mol. The van der Waals surface area contributed by atoms with E-state index in [1.54, 1.807) is 0 Å². The molecule has 2 aromatic rings. The Morgan fingerprint density at radius 2 is 1.70 bits per heavy atom. The van der Waals surface area contributed by atoms with Gasteiger partial charge >= 0.3 is 12.4 Å². The number of hydrogen-bond acceptors (Lipinski definition) is 2. The van der Waals surface area contributed by atoms with Gasteiger partial charge in [-0.1, -0.05) is 0 Å². The Kier molecular flexibility index (Phi) is 4.03. The van der Waals surface area contributed by atoms with Crippen LogP contribution >= 0.6 is 0 Å². The Bertz CT molecular complexity index is 728. The lowest BCUT2D eigenvalue weighted by Gasteiger charge is -2.12. The summed E-state index contributed by atoms with van der Waals surface area (Å²) < 4.78 is 90.2. The molecular weight excluding hydrogens is 331 g/mol. The molecule has 0 radical (unpaired) electrons. The first-order valence-corrected chi connectivity index (χ1v) is 6.15. The average Bonchev–Trinajstić information content (AvgIpc) is 2.79.